The van der Waals surface area contributed by atoms with Crippen molar-refractivity contribution in [2.75, 3.05) is 16.8 Å². The number of nitrogens with two attached hydrogens (primary N) is 1. The van der Waals surface area contributed by atoms with Crippen molar-refractivity contribution in [1.82, 2.24) is 4.98 Å². The molecule has 6 heteroatoms. The molecule has 0 fully saturated rings. The van der Waals surface area contributed by atoms with Crippen LogP contribution >= 0.6 is 11.8 Å². The summed E-state index contributed by atoms with van der Waals surface area (Å²) in [6.07, 6.45) is 1.59. The number of hydrogen-bond acceptors (Lipinski definition) is 4. The van der Waals surface area contributed by atoms with E-state index in [1.165, 1.54) is 23.9 Å². The second kappa shape index (κ2) is 6.19. The maximum atomic E-state index is 13.3. The fourth-order valence-corrected chi connectivity index (χ4v) is 2.04. The van der Waals surface area contributed by atoms with E-state index in [2.05, 4.69) is 10.3 Å². The second-order valence-corrected chi connectivity index (χ2v) is 4.78. The summed E-state index contributed by atoms with van der Waals surface area (Å²) in [5.41, 5.74) is 5.64. The van der Waals surface area contributed by atoms with Crippen LogP contribution < -0.4 is 11.1 Å². The number of amides is 1. The lowest BCUT2D eigenvalue weighted by Crippen LogP contribution is -2.14. The monoisotopic (exact) mass is 277 g/mol. The van der Waals surface area contributed by atoms with Gasteiger partial charge >= 0.3 is 0 Å². The van der Waals surface area contributed by atoms with Crippen LogP contribution in [0.4, 0.5) is 15.9 Å². The minimum absolute atomic E-state index is 0.180. The predicted octanol–water partition coefficient (Wildman–Crippen LogP) is 2.53. The number of para-hydroxylation sites is 1. The van der Waals surface area contributed by atoms with E-state index in [0.717, 1.165) is 4.90 Å². The lowest BCUT2D eigenvalue weighted by molar-refractivity contribution is -0.113. The van der Waals surface area contributed by atoms with Crippen LogP contribution in [0.5, 0.6) is 0 Å². The highest BCUT2D eigenvalue weighted by Gasteiger charge is 2.06. The first kappa shape index (κ1) is 13.4. The van der Waals surface area contributed by atoms with Gasteiger partial charge in [-0.2, -0.15) is 0 Å². The number of nitrogen functional groups attached to an aromatic ring is 1. The third kappa shape index (κ3) is 3.96. The zero-order chi connectivity index (χ0) is 13.7. The highest BCUT2D eigenvalue weighted by molar-refractivity contribution is 8.00. The van der Waals surface area contributed by atoms with E-state index in [-0.39, 0.29) is 17.3 Å². The Morgan fingerprint density at radius 2 is 2.11 bits per heavy atom. The fourth-order valence-electron chi connectivity index (χ4n) is 1.37. The molecule has 1 aromatic carbocycles. The summed E-state index contributed by atoms with van der Waals surface area (Å²) in [6, 6.07) is 9.49. The number of thioether (sulfide) groups is 1. The Kier molecular flexibility index (Phi) is 4.35. The quantitative estimate of drug-likeness (QED) is 0.843. The van der Waals surface area contributed by atoms with Gasteiger partial charge in [0.05, 0.1) is 11.4 Å². The van der Waals surface area contributed by atoms with Crippen molar-refractivity contribution in [3.8, 4) is 0 Å². The van der Waals surface area contributed by atoms with E-state index in [0.29, 0.717) is 5.82 Å². The van der Waals surface area contributed by atoms with Crippen LogP contribution in [-0.4, -0.2) is 16.6 Å². The van der Waals surface area contributed by atoms with Crippen LogP contribution in [0, 0.1) is 5.82 Å². The molecule has 0 radical (unpaired) electrons. The number of carbonyl (C=O) groups excluding carboxylic acids is 1. The van der Waals surface area contributed by atoms with Crippen molar-refractivity contribution in [2.24, 2.45) is 0 Å². The van der Waals surface area contributed by atoms with Crippen molar-refractivity contribution in [3.05, 3.63) is 48.4 Å². The lowest BCUT2D eigenvalue weighted by atomic mass is 10.3. The second-order valence-electron chi connectivity index (χ2n) is 3.74. The minimum Gasteiger partial charge on any atom is -0.384 e. The number of aromatic nitrogens is 1. The molecule has 0 bridgehead atoms. The molecule has 3 N–H and O–H groups in total. The summed E-state index contributed by atoms with van der Waals surface area (Å²) < 4.78 is 13.3. The topological polar surface area (TPSA) is 68.0 Å². The van der Waals surface area contributed by atoms with Crippen LogP contribution in [0.25, 0.3) is 0 Å². The number of halogens is 1. The highest BCUT2D eigenvalue weighted by atomic mass is 32.2. The molecule has 0 unspecified atom stereocenters. The molecule has 0 aliphatic heterocycles. The van der Waals surface area contributed by atoms with Gasteiger partial charge in [0.1, 0.15) is 11.6 Å². The van der Waals surface area contributed by atoms with E-state index in [1.807, 2.05) is 0 Å². The van der Waals surface area contributed by atoms with Crippen LogP contribution in [0.3, 0.4) is 0 Å². The van der Waals surface area contributed by atoms with Crippen molar-refractivity contribution < 1.29 is 9.18 Å². The first-order valence-corrected chi connectivity index (χ1v) is 6.52. The van der Waals surface area contributed by atoms with E-state index in [1.54, 1.807) is 30.5 Å². The first-order valence-electron chi connectivity index (χ1n) is 5.54. The Hall–Kier alpha value is -2.08. The number of nitrogens with one attached hydrogen (secondary N) is 1. The number of rotatable bonds is 4. The van der Waals surface area contributed by atoms with Gasteiger partial charge in [-0.25, -0.2) is 9.37 Å². The Bertz CT molecular complexity index is 574. The van der Waals surface area contributed by atoms with Crippen LogP contribution in [0.2, 0.25) is 0 Å². The van der Waals surface area contributed by atoms with E-state index in [4.69, 9.17) is 5.73 Å². The maximum Gasteiger partial charge on any atom is 0.234 e. The minimum atomic E-state index is -0.449. The molecule has 2 rings (SSSR count). The molecule has 0 saturated heterocycles. The van der Waals surface area contributed by atoms with Crippen LogP contribution in [-0.2, 0) is 4.79 Å². The Morgan fingerprint density at radius 3 is 2.79 bits per heavy atom. The number of nitrogens with zero attached hydrogens (tertiary/aromatic N) is 1. The number of anilines is 2. The third-order valence-electron chi connectivity index (χ3n) is 2.28. The molecule has 19 heavy (non-hydrogen) atoms. The number of benzene rings is 1. The standard InChI is InChI=1S/C13H12FN3OS/c14-10-3-1-2-4-11(10)17-13(18)8-19-9-5-6-12(15)16-7-9/h1-7H,8H2,(H2,15,16)(H,17,18). The van der Waals surface area contributed by atoms with Gasteiger partial charge in [0.25, 0.3) is 0 Å². The number of carbonyl (C=O) groups is 1. The maximum absolute atomic E-state index is 13.3. The van der Waals surface area contributed by atoms with Gasteiger partial charge in [0, 0.05) is 11.1 Å². The van der Waals surface area contributed by atoms with Gasteiger partial charge < -0.3 is 11.1 Å². The van der Waals surface area contributed by atoms with Crippen molar-refractivity contribution in [1.29, 1.82) is 0 Å². The molecule has 4 nitrogen and oxygen atoms in total. The van der Waals surface area contributed by atoms with Gasteiger partial charge in [-0.05, 0) is 24.3 Å². The molecule has 0 spiro atoms. The predicted molar refractivity (Wildman–Crippen MR) is 74.4 cm³/mol. The Balaban J connectivity index is 1.88. The Labute approximate surface area is 114 Å². The van der Waals surface area contributed by atoms with Crippen molar-refractivity contribution in [3.63, 3.8) is 0 Å². The summed E-state index contributed by atoms with van der Waals surface area (Å²) in [5.74, 6) is -0.109. The first-order chi connectivity index (χ1) is 9.15. The molecule has 0 saturated carbocycles. The molecule has 98 valence electrons. The Morgan fingerprint density at radius 1 is 1.32 bits per heavy atom. The largest absolute Gasteiger partial charge is 0.384 e. The third-order valence-corrected chi connectivity index (χ3v) is 3.26. The number of hydrogen-bond donors (Lipinski definition) is 2. The summed E-state index contributed by atoms with van der Waals surface area (Å²) in [6.45, 7) is 0. The zero-order valence-electron chi connectivity index (χ0n) is 9.97. The molecule has 0 aliphatic carbocycles. The van der Waals surface area contributed by atoms with E-state index in [9.17, 15) is 9.18 Å². The number of pyridine rings is 1. The average Bonchev–Trinajstić information content (AvgIpc) is 2.41. The van der Waals surface area contributed by atoms with E-state index >= 15 is 0 Å². The summed E-state index contributed by atoms with van der Waals surface area (Å²) >= 11 is 1.31. The molecule has 1 aromatic heterocycles. The SMILES string of the molecule is Nc1ccc(SCC(=O)Nc2ccccc2F)cn1. The van der Waals surface area contributed by atoms with Crippen LogP contribution in [0.1, 0.15) is 0 Å². The van der Waals surface area contributed by atoms with Crippen molar-refractivity contribution >= 4 is 29.2 Å². The van der Waals surface area contributed by atoms with E-state index < -0.39 is 5.82 Å². The average molecular weight is 277 g/mol. The molecular formula is C13H12FN3OS. The molecule has 2 aromatic rings. The summed E-state index contributed by atoms with van der Waals surface area (Å²) in [7, 11) is 0. The molecular weight excluding hydrogens is 265 g/mol. The van der Waals surface area contributed by atoms with Gasteiger partial charge in [-0.3, -0.25) is 4.79 Å². The smallest absolute Gasteiger partial charge is 0.234 e. The normalized spacial score (nSPS) is 10.2. The zero-order valence-corrected chi connectivity index (χ0v) is 10.8. The molecule has 0 atom stereocenters. The molecule has 0 aliphatic rings. The van der Waals surface area contributed by atoms with Gasteiger partial charge in [0.2, 0.25) is 5.91 Å². The van der Waals surface area contributed by atoms with Crippen LogP contribution in [0.15, 0.2) is 47.5 Å². The molecule has 1 amide bonds. The van der Waals surface area contributed by atoms with Gasteiger partial charge in [-0.15, -0.1) is 11.8 Å². The summed E-state index contributed by atoms with van der Waals surface area (Å²) in [5, 5.41) is 2.51. The van der Waals surface area contributed by atoms with Gasteiger partial charge in [-0.1, -0.05) is 12.1 Å². The van der Waals surface area contributed by atoms with Crippen molar-refractivity contribution in [2.45, 2.75) is 4.90 Å². The van der Waals surface area contributed by atoms with Gasteiger partial charge in [0.15, 0.2) is 0 Å². The lowest BCUT2D eigenvalue weighted by Gasteiger charge is -2.06. The highest BCUT2D eigenvalue weighted by Crippen LogP contribution is 2.18. The summed E-state index contributed by atoms with van der Waals surface area (Å²) in [4.78, 5) is 16.4. The fraction of sp³-hybridized carbons (Fsp3) is 0.0769. The molecule has 1 heterocycles.